The van der Waals surface area contributed by atoms with Crippen LogP contribution in [0.4, 0.5) is 0 Å². The van der Waals surface area contributed by atoms with Crippen molar-refractivity contribution in [1.29, 1.82) is 0 Å². The molecular formula is C24H24Cl2N2O2S. The third-order valence-electron chi connectivity index (χ3n) is 5.78. The molecule has 4 rings (SSSR count). The predicted molar refractivity (Wildman–Crippen MR) is 126 cm³/mol. The fourth-order valence-corrected chi connectivity index (χ4v) is 6.13. The summed E-state index contributed by atoms with van der Waals surface area (Å²) >= 11 is 12.3. The van der Waals surface area contributed by atoms with Crippen LogP contribution in [-0.2, 0) is 10.0 Å². The first-order valence-corrected chi connectivity index (χ1v) is 12.4. The van der Waals surface area contributed by atoms with Gasteiger partial charge in [-0.3, -0.25) is 4.90 Å². The molecule has 1 fully saturated rings. The van der Waals surface area contributed by atoms with Gasteiger partial charge in [0.15, 0.2) is 0 Å². The van der Waals surface area contributed by atoms with Crippen LogP contribution in [-0.4, -0.2) is 43.8 Å². The summed E-state index contributed by atoms with van der Waals surface area (Å²) in [6.45, 7) is 3.84. The van der Waals surface area contributed by atoms with Gasteiger partial charge in [0.05, 0.1) is 10.9 Å². The van der Waals surface area contributed by atoms with Gasteiger partial charge < -0.3 is 0 Å². The average Bonchev–Trinajstić information content (AvgIpc) is 2.78. The summed E-state index contributed by atoms with van der Waals surface area (Å²) < 4.78 is 28.1. The van der Waals surface area contributed by atoms with Crippen molar-refractivity contribution < 1.29 is 8.42 Å². The SMILES string of the molecule is Cc1c(Cl)cccc1S(=O)(=O)N1CCN(C(c2ccccc2)c2ccc(Cl)cc2)CC1. The zero-order chi connectivity index (χ0) is 22.0. The minimum absolute atomic E-state index is 0.0382. The third-order valence-corrected chi connectivity index (χ3v) is 8.48. The van der Waals surface area contributed by atoms with E-state index >= 15 is 0 Å². The molecule has 7 heteroatoms. The van der Waals surface area contributed by atoms with Crippen molar-refractivity contribution in [2.75, 3.05) is 26.2 Å². The number of rotatable bonds is 5. The van der Waals surface area contributed by atoms with E-state index in [0.29, 0.717) is 41.8 Å². The van der Waals surface area contributed by atoms with Crippen molar-refractivity contribution in [2.45, 2.75) is 17.9 Å². The van der Waals surface area contributed by atoms with Crippen LogP contribution in [0.2, 0.25) is 10.0 Å². The van der Waals surface area contributed by atoms with Gasteiger partial charge in [-0.25, -0.2) is 8.42 Å². The zero-order valence-electron chi connectivity index (χ0n) is 17.2. The molecule has 31 heavy (non-hydrogen) atoms. The highest BCUT2D eigenvalue weighted by Crippen LogP contribution is 2.32. The second-order valence-corrected chi connectivity index (χ2v) is 10.4. The lowest BCUT2D eigenvalue weighted by molar-refractivity contribution is 0.156. The molecule has 0 saturated carbocycles. The molecule has 1 atom stereocenters. The van der Waals surface area contributed by atoms with E-state index < -0.39 is 10.0 Å². The van der Waals surface area contributed by atoms with Gasteiger partial charge in [0.25, 0.3) is 0 Å². The monoisotopic (exact) mass is 474 g/mol. The summed E-state index contributed by atoms with van der Waals surface area (Å²) in [6.07, 6.45) is 0. The molecule has 1 aliphatic rings. The Hall–Kier alpha value is -1.89. The highest BCUT2D eigenvalue weighted by Gasteiger charge is 2.33. The topological polar surface area (TPSA) is 40.6 Å². The Morgan fingerprint density at radius 2 is 1.39 bits per heavy atom. The Kier molecular flexibility index (Phi) is 6.70. The Balaban J connectivity index is 1.58. The second-order valence-electron chi connectivity index (χ2n) is 7.67. The van der Waals surface area contributed by atoms with E-state index in [-0.39, 0.29) is 10.9 Å². The van der Waals surface area contributed by atoms with Gasteiger partial charge in [0.1, 0.15) is 0 Å². The number of piperazine rings is 1. The lowest BCUT2D eigenvalue weighted by atomic mass is 9.96. The van der Waals surface area contributed by atoms with Gasteiger partial charge in [-0.2, -0.15) is 4.31 Å². The van der Waals surface area contributed by atoms with Gasteiger partial charge in [-0.1, -0.05) is 71.7 Å². The maximum absolute atomic E-state index is 13.2. The summed E-state index contributed by atoms with van der Waals surface area (Å²) in [5.74, 6) is 0. The van der Waals surface area contributed by atoms with Crippen LogP contribution in [0.1, 0.15) is 22.7 Å². The normalized spacial score (nSPS) is 16.9. The predicted octanol–water partition coefficient (Wildman–Crippen LogP) is 5.40. The minimum Gasteiger partial charge on any atom is -0.290 e. The summed E-state index contributed by atoms with van der Waals surface area (Å²) in [5, 5.41) is 1.16. The Morgan fingerprint density at radius 1 is 0.774 bits per heavy atom. The standard InChI is InChI=1S/C24H24Cl2N2O2S/c1-18-22(26)8-5-9-23(18)31(29,30)28-16-14-27(15-17-28)24(19-6-3-2-4-7-19)20-10-12-21(25)13-11-20/h2-13,24H,14-17H2,1H3. The van der Waals surface area contributed by atoms with E-state index in [1.54, 1.807) is 29.4 Å². The maximum atomic E-state index is 13.2. The third kappa shape index (κ3) is 4.66. The van der Waals surface area contributed by atoms with Crippen LogP contribution in [0.3, 0.4) is 0 Å². The van der Waals surface area contributed by atoms with Crippen LogP contribution in [0.5, 0.6) is 0 Å². The number of nitrogens with zero attached hydrogens (tertiary/aromatic N) is 2. The first-order valence-electron chi connectivity index (χ1n) is 10.2. The molecule has 0 amide bonds. The van der Waals surface area contributed by atoms with Crippen molar-refractivity contribution in [3.8, 4) is 0 Å². The van der Waals surface area contributed by atoms with Gasteiger partial charge in [0, 0.05) is 36.2 Å². The van der Waals surface area contributed by atoms with E-state index in [1.165, 1.54) is 5.56 Å². The van der Waals surface area contributed by atoms with Gasteiger partial charge in [-0.05, 0) is 47.9 Å². The van der Waals surface area contributed by atoms with Crippen molar-refractivity contribution >= 4 is 33.2 Å². The van der Waals surface area contributed by atoms with Crippen LogP contribution < -0.4 is 0 Å². The van der Waals surface area contributed by atoms with Crippen molar-refractivity contribution in [3.05, 3.63) is 99.5 Å². The first-order chi connectivity index (χ1) is 14.9. The molecule has 0 spiro atoms. The molecule has 3 aromatic rings. The summed E-state index contributed by atoms with van der Waals surface area (Å²) in [4.78, 5) is 2.61. The van der Waals surface area contributed by atoms with E-state index in [2.05, 4.69) is 17.0 Å². The zero-order valence-corrected chi connectivity index (χ0v) is 19.5. The molecule has 3 aromatic carbocycles. The van der Waals surface area contributed by atoms with Crippen molar-refractivity contribution in [3.63, 3.8) is 0 Å². The van der Waals surface area contributed by atoms with Crippen LogP contribution in [0, 0.1) is 6.92 Å². The number of hydrogen-bond donors (Lipinski definition) is 0. The van der Waals surface area contributed by atoms with Crippen molar-refractivity contribution in [1.82, 2.24) is 9.21 Å². The Morgan fingerprint density at radius 3 is 2.03 bits per heavy atom. The summed E-state index contributed by atoms with van der Waals surface area (Å²) in [6, 6.07) is 23.2. The van der Waals surface area contributed by atoms with Crippen LogP contribution in [0.25, 0.3) is 0 Å². The molecule has 0 bridgehead atoms. The first kappa shape index (κ1) is 22.3. The van der Waals surface area contributed by atoms with E-state index in [0.717, 1.165) is 5.56 Å². The van der Waals surface area contributed by atoms with Crippen molar-refractivity contribution in [2.24, 2.45) is 0 Å². The van der Waals surface area contributed by atoms with Gasteiger partial charge >= 0.3 is 0 Å². The number of sulfonamides is 1. The lowest BCUT2D eigenvalue weighted by Crippen LogP contribution is -2.49. The van der Waals surface area contributed by atoms with E-state index in [4.69, 9.17) is 23.2 Å². The van der Waals surface area contributed by atoms with Crippen LogP contribution in [0.15, 0.2) is 77.7 Å². The molecule has 4 nitrogen and oxygen atoms in total. The van der Waals surface area contributed by atoms with Crippen LogP contribution >= 0.6 is 23.2 Å². The number of halogens is 2. The summed E-state index contributed by atoms with van der Waals surface area (Å²) in [7, 11) is -3.59. The molecule has 1 heterocycles. The molecular weight excluding hydrogens is 451 g/mol. The Bertz CT molecular complexity index is 1140. The number of benzene rings is 3. The minimum atomic E-state index is -3.59. The number of hydrogen-bond acceptors (Lipinski definition) is 3. The largest absolute Gasteiger partial charge is 0.290 e. The van der Waals surface area contributed by atoms with Gasteiger partial charge in [-0.15, -0.1) is 0 Å². The summed E-state index contributed by atoms with van der Waals surface area (Å²) in [5.41, 5.74) is 2.90. The molecule has 1 unspecified atom stereocenters. The second kappa shape index (κ2) is 9.31. The molecule has 1 saturated heterocycles. The van der Waals surface area contributed by atoms with E-state index in [9.17, 15) is 8.42 Å². The highest BCUT2D eigenvalue weighted by molar-refractivity contribution is 7.89. The lowest BCUT2D eigenvalue weighted by Gasteiger charge is -2.39. The molecule has 0 N–H and O–H groups in total. The molecule has 162 valence electrons. The molecule has 0 radical (unpaired) electrons. The molecule has 0 aliphatic carbocycles. The fraction of sp³-hybridized carbons (Fsp3) is 0.250. The highest BCUT2D eigenvalue weighted by atomic mass is 35.5. The van der Waals surface area contributed by atoms with E-state index in [1.807, 2.05) is 42.5 Å². The average molecular weight is 475 g/mol. The van der Waals surface area contributed by atoms with Gasteiger partial charge in [0.2, 0.25) is 10.0 Å². The molecule has 1 aliphatic heterocycles. The maximum Gasteiger partial charge on any atom is 0.243 e. The molecule has 0 aromatic heterocycles. The smallest absolute Gasteiger partial charge is 0.243 e. The fourth-order valence-electron chi connectivity index (χ4n) is 4.10. The quantitative estimate of drug-likeness (QED) is 0.496. The Labute approximate surface area is 194 Å².